The first-order valence-electron chi connectivity index (χ1n) is 38.8. The Bertz CT molecular complexity index is 1810. The van der Waals surface area contributed by atoms with Gasteiger partial charge in [0.2, 0.25) is 0 Å². The molecular weight excluding hydrogens is 1150 g/mol. The number of quaternary nitrogens is 1. The summed E-state index contributed by atoms with van der Waals surface area (Å²) in [4.78, 5) is 38.2. The minimum atomic E-state index is -4.64. The molecule has 2 unspecified atom stereocenters. The number of unbranched alkanes of at least 4 members (excludes halogenated alkanes) is 44. The van der Waals surface area contributed by atoms with Gasteiger partial charge in [0.25, 0.3) is 7.82 Å². The van der Waals surface area contributed by atoms with Crippen LogP contribution in [0.4, 0.5) is 0 Å². The lowest BCUT2D eigenvalue weighted by Crippen LogP contribution is -2.37. The van der Waals surface area contributed by atoms with E-state index in [1.807, 2.05) is 21.1 Å². The van der Waals surface area contributed by atoms with E-state index in [0.29, 0.717) is 17.4 Å². The number of hydrogen-bond acceptors (Lipinski definition) is 8. The van der Waals surface area contributed by atoms with Crippen LogP contribution < -0.4 is 4.89 Å². The van der Waals surface area contributed by atoms with Crippen molar-refractivity contribution in [2.45, 2.75) is 373 Å². The Balaban J connectivity index is 3.96. The van der Waals surface area contributed by atoms with Crippen LogP contribution >= 0.6 is 7.82 Å². The number of likely N-dealkylation sites (N-methyl/N-ethyl adjacent to an activating group) is 1. The number of carbonyl (C=O) groups is 2. The molecule has 0 aromatic carbocycles. The Morgan fingerprint density at radius 2 is 0.626 bits per heavy atom. The number of allylic oxidation sites excluding steroid dienone is 14. The molecule has 0 aliphatic heterocycles. The summed E-state index contributed by atoms with van der Waals surface area (Å²) in [6.45, 7) is 4.19. The normalized spacial score (nSPS) is 13.5. The van der Waals surface area contributed by atoms with Gasteiger partial charge in [0, 0.05) is 12.8 Å². The smallest absolute Gasteiger partial charge is 0.306 e. The predicted molar refractivity (Wildman–Crippen MR) is 393 cm³/mol. The lowest BCUT2D eigenvalue weighted by Gasteiger charge is -2.28. The predicted octanol–water partition coefficient (Wildman–Crippen LogP) is 25.0. The van der Waals surface area contributed by atoms with Gasteiger partial charge >= 0.3 is 11.9 Å². The summed E-state index contributed by atoms with van der Waals surface area (Å²) >= 11 is 0. The van der Waals surface area contributed by atoms with Crippen molar-refractivity contribution in [2.24, 2.45) is 0 Å². The van der Waals surface area contributed by atoms with Crippen molar-refractivity contribution in [3.63, 3.8) is 0 Å². The molecule has 0 radical (unpaired) electrons. The van der Waals surface area contributed by atoms with Crippen LogP contribution in [0.3, 0.4) is 0 Å². The highest BCUT2D eigenvalue weighted by Gasteiger charge is 2.22. The molecule has 91 heavy (non-hydrogen) atoms. The number of phosphoric acid groups is 1. The van der Waals surface area contributed by atoms with Gasteiger partial charge in [-0.05, 0) is 70.6 Å². The zero-order chi connectivity index (χ0) is 66.2. The van der Waals surface area contributed by atoms with Gasteiger partial charge in [0.1, 0.15) is 19.8 Å². The van der Waals surface area contributed by atoms with Crippen LogP contribution in [0.2, 0.25) is 0 Å². The Labute approximate surface area is 564 Å². The highest BCUT2D eigenvalue weighted by molar-refractivity contribution is 7.45. The van der Waals surface area contributed by atoms with Crippen LogP contribution in [-0.4, -0.2) is 70.0 Å². The number of rotatable bonds is 72. The number of phosphoric ester groups is 1. The summed E-state index contributed by atoms with van der Waals surface area (Å²) in [5.74, 6) is -0.815. The quantitative estimate of drug-likeness (QED) is 0.0195. The van der Waals surface area contributed by atoms with Gasteiger partial charge in [-0.25, -0.2) is 0 Å². The first-order valence-corrected chi connectivity index (χ1v) is 40.3. The molecule has 2 atom stereocenters. The number of carbonyl (C=O) groups excluding carboxylic acids is 2. The summed E-state index contributed by atoms with van der Waals surface area (Å²) in [5.41, 5.74) is 0. The summed E-state index contributed by atoms with van der Waals surface area (Å²) in [6, 6.07) is 0. The van der Waals surface area contributed by atoms with Crippen LogP contribution in [0, 0.1) is 0 Å². The van der Waals surface area contributed by atoms with Gasteiger partial charge in [0.05, 0.1) is 27.7 Å². The zero-order valence-electron chi connectivity index (χ0n) is 60.5. The molecule has 9 nitrogen and oxygen atoms in total. The van der Waals surface area contributed by atoms with Crippen molar-refractivity contribution in [1.82, 2.24) is 0 Å². The monoisotopic (exact) mass is 1290 g/mol. The maximum Gasteiger partial charge on any atom is 0.306 e. The second kappa shape index (κ2) is 71.5. The maximum absolute atomic E-state index is 12.9. The Morgan fingerprint density at radius 1 is 0.352 bits per heavy atom. The van der Waals surface area contributed by atoms with E-state index in [-0.39, 0.29) is 32.0 Å². The molecule has 0 saturated carbocycles. The molecule has 0 spiro atoms. The largest absolute Gasteiger partial charge is 0.756 e. The van der Waals surface area contributed by atoms with E-state index >= 15 is 0 Å². The molecule has 530 valence electrons. The number of ether oxygens (including phenoxy) is 2. The van der Waals surface area contributed by atoms with Crippen LogP contribution in [0.1, 0.15) is 367 Å². The Hall–Kier alpha value is -2.81. The average molecular weight is 1300 g/mol. The Kier molecular flexibility index (Phi) is 69.3. The standard InChI is InChI=1S/C81H148NO8P/c1-6-8-10-12-14-16-18-20-22-24-26-28-30-32-34-36-37-38-39-40-41-42-43-44-45-46-48-50-52-54-56-58-60-62-64-66-68-70-72-74-81(84)90-79(78-89-91(85,86)88-76-75-82(3,4)5)77-87-80(83)73-71-69-67-65-63-61-59-57-55-53-51-49-47-35-33-31-29-27-25-23-21-19-17-15-13-11-9-7-2/h8,10,14,16,20,22,26,28,32,34,37-38,40-41,79H,6-7,9,11-13,15,17-19,21,23-25,27,29-31,33,35-36,39,42-78H2,1-5H3/b10-8-,16-14-,22-20-,28-26-,34-32-,38-37-,41-40-. The third-order valence-electron chi connectivity index (χ3n) is 17.2. The Morgan fingerprint density at radius 3 is 0.934 bits per heavy atom. The molecule has 0 aromatic heterocycles. The van der Waals surface area contributed by atoms with Crippen LogP contribution in [0.5, 0.6) is 0 Å². The second-order valence-electron chi connectivity index (χ2n) is 27.4. The minimum Gasteiger partial charge on any atom is -0.756 e. The SMILES string of the molecule is CC/C=C\C/C=C\C/C=C\C/C=C\C/C=C\C/C=C\C/C=C\CCCCCCCCCCCCCCCCCCCC(=O)OC(COC(=O)CCCCCCCCCCCCCCCCCCCCCCCCCCCCCC)COP(=O)([O-])OCC[N+](C)(C)C. The topological polar surface area (TPSA) is 111 Å². The molecular formula is C81H148NO8P. The van der Waals surface area contributed by atoms with Gasteiger partial charge in [-0.1, -0.05) is 369 Å². The average Bonchev–Trinajstić information content (AvgIpc) is 3.30. The molecule has 0 rings (SSSR count). The third kappa shape index (κ3) is 76.1. The molecule has 0 bridgehead atoms. The molecule has 0 aromatic rings. The van der Waals surface area contributed by atoms with E-state index < -0.39 is 26.5 Å². The minimum absolute atomic E-state index is 0.0300. The van der Waals surface area contributed by atoms with Gasteiger partial charge in [-0.3, -0.25) is 14.2 Å². The van der Waals surface area contributed by atoms with Crippen LogP contribution in [0.15, 0.2) is 85.1 Å². The van der Waals surface area contributed by atoms with Crippen molar-refractivity contribution in [3.05, 3.63) is 85.1 Å². The highest BCUT2D eigenvalue weighted by atomic mass is 31.2. The maximum atomic E-state index is 12.9. The molecule has 0 aliphatic carbocycles. The van der Waals surface area contributed by atoms with E-state index in [2.05, 4.69) is 98.9 Å². The van der Waals surface area contributed by atoms with Crippen molar-refractivity contribution in [3.8, 4) is 0 Å². The van der Waals surface area contributed by atoms with Crippen molar-refractivity contribution in [2.75, 3.05) is 47.5 Å². The lowest BCUT2D eigenvalue weighted by atomic mass is 10.0. The fourth-order valence-electron chi connectivity index (χ4n) is 11.3. The second-order valence-corrected chi connectivity index (χ2v) is 28.8. The fourth-order valence-corrected chi connectivity index (χ4v) is 12.0. The zero-order valence-corrected chi connectivity index (χ0v) is 61.4. The van der Waals surface area contributed by atoms with E-state index in [1.54, 1.807) is 0 Å². The van der Waals surface area contributed by atoms with Gasteiger partial charge in [-0.15, -0.1) is 0 Å². The third-order valence-corrected chi connectivity index (χ3v) is 18.1. The first kappa shape index (κ1) is 88.2. The summed E-state index contributed by atoms with van der Waals surface area (Å²) in [7, 11) is 1.18. The molecule has 10 heteroatoms. The van der Waals surface area contributed by atoms with Gasteiger partial charge in [-0.2, -0.15) is 0 Å². The van der Waals surface area contributed by atoms with E-state index in [0.717, 1.165) is 83.5 Å². The molecule has 0 heterocycles. The highest BCUT2D eigenvalue weighted by Crippen LogP contribution is 2.38. The summed E-state index contributed by atoms with van der Waals surface area (Å²) in [5, 5.41) is 0. The molecule has 0 N–H and O–H groups in total. The van der Waals surface area contributed by atoms with Gasteiger partial charge < -0.3 is 27.9 Å². The number of nitrogens with zero attached hydrogens (tertiary/aromatic N) is 1. The van der Waals surface area contributed by atoms with E-state index in [1.165, 1.54) is 250 Å². The van der Waals surface area contributed by atoms with Crippen molar-refractivity contribution < 1.29 is 42.1 Å². The molecule has 0 saturated heterocycles. The lowest BCUT2D eigenvalue weighted by molar-refractivity contribution is -0.870. The van der Waals surface area contributed by atoms with Gasteiger partial charge in [0.15, 0.2) is 6.10 Å². The first-order chi connectivity index (χ1) is 44.5. The van der Waals surface area contributed by atoms with E-state index in [9.17, 15) is 19.0 Å². The van der Waals surface area contributed by atoms with Crippen molar-refractivity contribution >= 4 is 19.8 Å². The number of hydrogen-bond donors (Lipinski definition) is 0. The summed E-state index contributed by atoms with van der Waals surface area (Å²) < 4.78 is 34.4. The molecule has 0 aliphatic rings. The number of esters is 2. The molecule has 0 fully saturated rings. The summed E-state index contributed by atoms with van der Waals surface area (Å²) in [6.07, 6.45) is 98.4. The molecule has 0 amide bonds. The van der Waals surface area contributed by atoms with Crippen LogP contribution in [-0.2, 0) is 32.7 Å². The van der Waals surface area contributed by atoms with Crippen LogP contribution in [0.25, 0.3) is 0 Å². The van der Waals surface area contributed by atoms with E-state index in [4.69, 9.17) is 18.5 Å². The van der Waals surface area contributed by atoms with Crippen molar-refractivity contribution in [1.29, 1.82) is 0 Å². The fraction of sp³-hybridized carbons (Fsp3) is 0.802.